The zero-order valence-corrected chi connectivity index (χ0v) is 12.0. The number of esters is 1. The minimum absolute atomic E-state index is 0.199. The van der Waals surface area contributed by atoms with Crippen LogP contribution in [0.3, 0.4) is 0 Å². The number of carbonyl (C=O) groups excluding carboxylic acids is 1. The second kappa shape index (κ2) is 7.02. The van der Waals surface area contributed by atoms with Gasteiger partial charge >= 0.3 is 5.97 Å². The Balaban J connectivity index is 2.61. The van der Waals surface area contributed by atoms with Crippen LogP contribution in [0.5, 0.6) is 0 Å². The number of hydrogen-bond acceptors (Lipinski definition) is 4. The summed E-state index contributed by atoms with van der Waals surface area (Å²) < 4.78 is 5.46. The van der Waals surface area contributed by atoms with E-state index in [1.807, 2.05) is 24.1 Å². The van der Waals surface area contributed by atoms with Gasteiger partial charge in [0, 0.05) is 30.2 Å². The molecule has 0 saturated heterocycles. The first-order valence-electron chi connectivity index (χ1n) is 5.55. The number of rotatable bonds is 5. The van der Waals surface area contributed by atoms with Crippen molar-refractivity contribution in [3.05, 3.63) is 28.2 Å². The molecule has 1 rings (SSSR count). The molecule has 1 aromatic rings. The Hall–Kier alpha value is -1.54. The van der Waals surface area contributed by atoms with Gasteiger partial charge in [0.15, 0.2) is 0 Å². The minimum atomic E-state index is -0.199. The molecule has 4 nitrogen and oxygen atoms in total. The van der Waals surface area contributed by atoms with Crippen molar-refractivity contribution in [2.24, 2.45) is 0 Å². The summed E-state index contributed by atoms with van der Waals surface area (Å²) in [6.07, 6.45) is 1.12. The molecule has 0 radical (unpaired) electrons. The summed E-state index contributed by atoms with van der Waals surface area (Å²) in [7, 11) is 3.32. The van der Waals surface area contributed by atoms with Crippen LogP contribution in [0, 0.1) is 11.3 Å². The van der Waals surface area contributed by atoms with Crippen LogP contribution in [0.1, 0.15) is 18.4 Å². The van der Waals surface area contributed by atoms with Crippen molar-refractivity contribution in [2.75, 3.05) is 25.6 Å². The van der Waals surface area contributed by atoms with E-state index in [0.29, 0.717) is 12.0 Å². The largest absolute Gasteiger partial charge is 0.469 e. The number of anilines is 1. The lowest BCUT2D eigenvalue weighted by Crippen LogP contribution is -2.19. The van der Waals surface area contributed by atoms with E-state index in [-0.39, 0.29) is 5.97 Å². The standard InChI is InChI=1S/C13H15BrN2O2/c1-16(5-3-4-13(17)18-2)12-7-10(9-15)6-11(14)8-12/h6-8H,3-5H2,1-2H3. The van der Waals surface area contributed by atoms with Crippen LogP contribution >= 0.6 is 15.9 Å². The predicted molar refractivity (Wildman–Crippen MR) is 73.4 cm³/mol. The molecule has 0 amide bonds. The highest BCUT2D eigenvalue weighted by Crippen LogP contribution is 2.22. The topological polar surface area (TPSA) is 53.3 Å². The summed E-state index contributed by atoms with van der Waals surface area (Å²) in [5, 5.41) is 8.90. The van der Waals surface area contributed by atoms with Crippen LogP contribution in [0.4, 0.5) is 5.69 Å². The maximum atomic E-state index is 11.0. The highest BCUT2D eigenvalue weighted by molar-refractivity contribution is 9.10. The van der Waals surface area contributed by atoms with Gasteiger partial charge in [0.05, 0.1) is 18.7 Å². The Bertz CT molecular complexity index is 469. The van der Waals surface area contributed by atoms with Crippen molar-refractivity contribution in [3.8, 4) is 6.07 Å². The fraction of sp³-hybridized carbons (Fsp3) is 0.385. The molecule has 0 aliphatic rings. The molecule has 0 fully saturated rings. The first kappa shape index (κ1) is 14.5. The first-order chi connectivity index (χ1) is 8.56. The molecule has 0 aliphatic heterocycles. The van der Waals surface area contributed by atoms with Gasteiger partial charge in [-0.05, 0) is 24.6 Å². The number of carbonyl (C=O) groups is 1. The van der Waals surface area contributed by atoms with Crippen LogP contribution in [0.25, 0.3) is 0 Å². The lowest BCUT2D eigenvalue weighted by molar-refractivity contribution is -0.140. The van der Waals surface area contributed by atoms with E-state index >= 15 is 0 Å². The fourth-order valence-electron chi connectivity index (χ4n) is 1.55. The average Bonchev–Trinajstić information content (AvgIpc) is 2.37. The molecule has 0 saturated carbocycles. The number of methoxy groups -OCH3 is 1. The van der Waals surface area contributed by atoms with Gasteiger partial charge in [-0.15, -0.1) is 0 Å². The Morgan fingerprint density at radius 1 is 1.50 bits per heavy atom. The quantitative estimate of drug-likeness (QED) is 0.785. The third-order valence-electron chi connectivity index (χ3n) is 2.55. The van der Waals surface area contributed by atoms with E-state index in [9.17, 15) is 4.79 Å². The van der Waals surface area contributed by atoms with Crippen LogP contribution < -0.4 is 4.90 Å². The van der Waals surface area contributed by atoms with Gasteiger partial charge < -0.3 is 9.64 Å². The lowest BCUT2D eigenvalue weighted by Gasteiger charge is -2.19. The van der Waals surface area contributed by atoms with E-state index < -0.39 is 0 Å². The molecular formula is C13H15BrN2O2. The van der Waals surface area contributed by atoms with Gasteiger partial charge in [0.1, 0.15) is 0 Å². The summed E-state index contributed by atoms with van der Waals surface area (Å²) in [6.45, 7) is 0.733. The summed E-state index contributed by atoms with van der Waals surface area (Å²) in [5.74, 6) is -0.199. The first-order valence-corrected chi connectivity index (χ1v) is 6.34. The van der Waals surface area contributed by atoms with Crippen molar-refractivity contribution in [3.63, 3.8) is 0 Å². The second-order valence-corrected chi connectivity index (χ2v) is 4.83. The van der Waals surface area contributed by atoms with Crippen molar-refractivity contribution >= 4 is 27.6 Å². The fourth-order valence-corrected chi connectivity index (χ4v) is 2.03. The number of nitrogens with zero attached hydrogens (tertiary/aromatic N) is 2. The molecule has 1 aromatic carbocycles. The highest BCUT2D eigenvalue weighted by Gasteiger charge is 2.06. The molecule has 96 valence electrons. The SMILES string of the molecule is COC(=O)CCCN(C)c1cc(Br)cc(C#N)c1. The third kappa shape index (κ3) is 4.38. The van der Waals surface area contributed by atoms with Gasteiger partial charge in [-0.3, -0.25) is 4.79 Å². The molecule has 0 spiro atoms. The van der Waals surface area contributed by atoms with Crippen molar-refractivity contribution in [2.45, 2.75) is 12.8 Å². The molecule has 0 heterocycles. The summed E-state index contributed by atoms with van der Waals surface area (Å²) in [6, 6.07) is 7.65. The number of ether oxygens (including phenoxy) is 1. The number of hydrogen-bond donors (Lipinski definition) is 0. The van der Waals surface area contributed by atoms with Crippen molar-refractivity contribution in [1.82, 2.24) is 0 Å². The Morgan fingerprint density at radius 3 is 2.83 bits per heavy atom. The average molecular weight is 311 g/mol. The van der Waals surface area contributed by atoms with Crippen LogP contribution in [0.2, 0.25) is 0 Å². The van der Waals surface area contributed by atoms with Gasteiger partial charge in [0.2, 0.25) is 0 Å². The third-order valence-corrected chi connectivity index (χ3v) is 3.01. The molecule has 0 aromatic heterocycles. The zero-order chi connectivity index (χ0) is 13.5. The van der Waals surface area contributed by atoms with Gasteiger partial charge in [0.25, 0.3) is 0 Å². The molecule has 18 heavy (non-hydrogen) atoms. The Labute approximate surface area is 115 Å². The van der Waals surface area contributed by atoms with E-state index in [1.54, 1.807) is 6.07 Å². The summed E-state index contributed by atoms with van der Waals surface area (Å²) >= 11 is 3.37. The molecule has 0 bridgehead atoms. The van der Waals surface area contributed by atoms with Crippen molar-refractivity contribution < 1.29 is 9.53 Å². The summed E-state index contributed by atoms with van der Waals surface area (Å²) in [4.78, 5) is 13.0. The van der Waals surface area contributed by atoms with Gasteiger partial charge in [-0.25, -0.2) is 0 Å². The van der Waals surface area contributed by atoms with Crippen LogP contribution in [-0.4, -0.2) is 26.7 Å². The van der Waals surface area contributed by atoms with Gasteiger partial charge in [-0.1, -0.05) is 15.9 Å². The van der Waals surface area contributed by atoms with Gasteiger partial charge in [-0.2, -0.15) is 5.26 Å². The predicted octanol–water partition coefficient (Wildman–Crippen LogP) is 2.71. The second-order valence-electron chi connectivity index (χ2n) is 3.91. The van der Waals surface area contributed by atoms with E-state index in [2.05, 4.69) is 26.7 Å². The molecular weight excluding hydrogens is 296 g/mol. The molecule has 0 aliphatic carbocycles. The molecule has 0 atom stereocenters. The molecule has 0 unspecified atom stereocenters. The zero-order valence-electron chi connectivity index (χ0n) is 10.4. The van der Waals surface area contributed by atoms with Crippen LogP contribution in [-0.2, 0) is 9.53 Å². The maximum absolute atomic E-state index is 11.0. The molecule has 5 heteroatoms. The number of benzene rings is 1. The number of halogens is 1. The highest BCUT2D eigenvalue weighted by atomic mass is 79.9. The van der Waals surface area contributed by atoms with Crippen molar-refractivity contribution in [1.29, 1.82) is 5.26 Å². The smallest absolute Gasteiger partial charge is 0.305 e. The van der Waals surface area contributed by atoms with E-state index in [1.165, 1.54) is 7.11 Å². The minimum Gasteiger partial charge on any atom is -0.469 e. The lowest BCUT2D eigenvalue weighted by atomic mass is 10.2. The monoisotopic (exact) mass is 310 g/mol. The van der Waals surface area contributed by atoms with Crippen LogP contribution in [0.15, 0.2) is 22.7 Å². The van der Waals surface area contributed by atoms with E-state index in [0.717, 1.165) is 23.1 Å². The normalized spacial score (nSPS) is 9.67. The molecule has 0 N–H and O–H groups in total. The maximum Gasteiger partial charge on any atom is 0.305 e. The summed E-state index contributed by atoms with van der Waals surface area (Å²) in [5.41, 5.74) is 1.56. The Kier molecular flexibility index (Phi) is 5.66. The Morgan fingerprint density at radius 2 is 2.22 bits per heavy atom. The van der Waals surface area contributed by atoms with E-state index in [4.69, 9.17) is 5.26 Å². The number of nitriles is 1.